The van der Waals surface area contributed by atoms with Gasteiger partial charge < -0.3 is 10.4 Å². The van der Waals surface area contributed by atoms with Gasteiger partial charge in [0.1, 0.15) is 0 Å². The third-order valence-corrected chi connectivity index (χ3v) is 3.15. The summed E-state index contributed by atoms with van der Waals surface area (Å²) in [5.41, 5.74) is 2.87. The summed E-state index contributed by atoms with van der Waals surface area (Å²) in [6.07, 6.45) is 1.50. The molecule has 1 amide bonds. The highest BCUT2D eigenvalue weighted by Gasteiger charge is 2.14. The molecule has 0 saturated carbocycles. The quantitative estimate of drug-likeness (QED) is 0.790. The summed E-state index contributed by atoms with van der Waals surface area (Å²) in [6.45, 7) is 6.19. The predicted octanol–water partition coefficient (Wildman–Crippen LogP) is 0.857. The second-order valence-corrected chi connectivity index (χ2v) is 4.70. The number of aromatic nitrogens is 2. The van der Waals surface area contributed by atoms with Crippen molar-refractivity contribution in [2.24, 2.45) is 7.05 Å². The summed E-state index contributed by atoms with van der Waals surface area (Å²) < 4.78 is 1.78. The maximum absolute atomic E-state index is 11.8. The van der Waals surface area contributed by atoms with Crippen LogP contribution in [-0.4, -0.2) is 33.4 Å². The summed E-state index contributed by atoms with van der Waals surface area (Å²) in [6, 6.07) is 0. The number of aliphatic hydroxyl groups excluding tert-OH is 1. The summed E-state index contributed by atoms with van der Waals surface area (Å²) in [5, 5.41) is 16.6. The molecule has 2 N–H and O–H groups in total. The minimum absolute atomic E-state index is 0.0654. The minimum Gasteiger partial charge on any atom is -0.391 e. The van der Waals surface area contributed by atoms with Gasteiger partial charge in [-0.2, -0.15) is 5.10 Å². The SMILES string of the molecule is CCCC(O)CNC(=O)Cc1c(C)nn(C)c1C. The topological polar surface area (TPSA) is 67.2 Å². The van der Waals surface area contributed by atoms with Crippen LogP contribution in [0.25, 0.3) is 0 Å². The van der Waals surface area contributed by atoms with Crippen LogP contribution in [0.5, 0.6) is 0 Å². The Morgan fingerprint density at radius 2 is 2.17 bits per heavy atom. The molecular weight excluding hydrogens is 230 g/mol. The highest BCUT2D eigenvalue weighted by atomic mass is 16.3. The molecule has 0 spiro atoms. The van der Waals surface area contributed by atoms with Crippen LogP contribution in [0.15, 0.2) is 0 Å². The van der Waals surface area contributed by atoms with Gasteiger partial charge in [0.25, 0.3) is 0 Å². The first-order chi connectivity index (χ1) is 8.45. The van der Waals surface area contributed by atoms with Gasteiger partial charge in [-0.1, -0.05) is 13.3 Å². The number of carbonyl (C=O) groups is 1. The van der Waals surface area contributed by atoms with E-state index in [-0.39, 0.29) is 5.91 Å². The first kappa shape index (κ1) is 14.7. The van der Waals surface area contributed by atoms with Gasteiger partial charge in [0.2, 0.25) is 5.91 Å². The van der Waals surface area contributed by atoms with Crippen molar-refractivity contribution in [3.63, 3.8) is 0 Å². The van der Waals surface area contributed by atoms with Gasteiger partial charge in [-0.15, -0.1) is 0 Å². The van der Waals surface area contributed by atoms with E-state index < -0.39 is 6.10 Å². The van der Waals surface area contributed by atoms with E-state index in [0.29, 0.717) is 19.4 Å². The molecule has 0 aromatic carbocycles. The normalized spacial score (nSPS) is 12.5. The number of nitrogens with zero attached hydrogens (tertiary/aromatic N) is 2. The number of nitrogens with one attached hydrogen (secondary N) is 1. The van der Waals surface area contributed by atoms with Crippen LogP contribution in [0.1, 0.15) is 36.7 Å². The molecule has 0 fully saturated rings. The van der Waals surface area contributed by atoms with Crippen molar-refractivity contribution in [3.8, 4) is 0 Å². The molecule has 1 unspecified atom stereocenters. The molecule has 0 radical (unpaired) electrons. The average Bonchev–Trinajstić information content (AvgIpc) is 2.54. The van der Waals surface area contributed by atoms with E-state index in [1.807, 2.05) is 27.8 Å². The Hall–Kier alpha value is -1.36. The van der Waals surface area contributed by atoms with Crippen LogP contribution >= 0.6 is 0 Å². The number of aryl methyl sites for hydroxylation is 2. The van der Waals surface area contributed by atoms with Gasteiger partial charge in [-0.05, 0) is 20.3 Å². The Morgan fingerprint density at radius 3 is 2.67 bits per heavy atom. The number of hydrogen-bond donors (Lipinski definition) is 2. The van der Waals surface area contributed by atoms with Gasteiger partial charge >= 0.3 is 0 Å². The van der Waals surface area contributed by atoms with Crippen molar-refractivity contribution in [3.05, 3.63) is 17.0 Å². The van der Waals surface area contributed by atoms with Crippen LogP contribution in [0.3, 0.4) is 0 Å². The molecule has 1 aromatic rings. The zero-order valence-corrected chi connectivity index (χ0v) is 11.7. The van der Waals surface area contributed by atoms with Crippen molar-refractivity contribution in [2.75, 3.05) is 6.54 Å². The van der Waals surface area contributed by atoms with Gasteiger partial charge in [0.15, 0.2) is 0 Å². The molecule has 1 atom stereocenters. The fourth-order valence-electron chi connectivity index (χ4n) is 1.96. The lowest BCUT2D eigenvalue weighted by Gasteiger charge is -2.10. The Morgan fingerprint density at radius 1 is 1.50 bits per heavy atom. The molecule has 0 aliphatic rings. The summed E-state index contributed by atoms with van der Waals surface area (Å²) >= 11 is 0. The molecule has 1 aromatic heterocycles. The van der Waals surface area contributed by atoms with Crippen molar-refractivity contribution in [1.29, 1.82) is 0 Å². The van der Waals surface area contributed by atoms with Crippen molar-refractivity contribution in [2.45, 2.75) is 46.1 Å². The van der Waals surface area contributed by atoms with E-state index >= 15 is 0 Å². The number of aliphatic hydroxyl groups is 1. The highest BCUT2D eigenvalue weighted by molar-refractivity contribution is 5.79. The van der Waals surface area contributed by atoms with Gasteiger partial charge in [0, 0.05) is 24.8 Å². The van der Waals surface area contributed by atoms with E-state index in [1.165, 1.54) is 0 Å². The zero-order chi connectivity index (χ0) is 13.7. The summed E-state index contributed by atoms with van der Waals surface area (Å²) in [7, 11) is 1.87. The molecule has 1 rings (SSSR count). The minimum atomic E-state index is -0.449. The maximum Gasteiger partial charge on any atom is 0.224 e. The first-order valence-corrected chi connectivity index (χ1v) is 6.39. The molecule has 0 aliphatic carbocycles. The number of hydrogen-bond acceptors (Lipinski definition) is 3. The number of rotatable bonds is 6. The molecule has 0 aliphatic heterocycles. The maximum atomic E-state index is 11.8. The van der Waals surface area contributed by atoms with E-state index in [0.717, 1.165) is 23.4 Å². The lowest BCUT2D eigenvalue weighted by Crippen LogP contribution is -2.33. The molecule has 102 valence electrons. The average molecular weight is 253 g/mol. The lowest BCUT2D eigenvalue weighted by molar-refractivity contribution is -0.120. The van der Waals surface area contributed by atoms with E-state index in [1.54, 1.807) is 4.68 Å². The molecule has 5 heteroatoms. The number of amides is 1. The van der Waals surface area contributed by atoms with Crippen LogP contribution < -0.4 is 5.32 Å². The summed E-state index contributed by atoms with van der Waals surface area (Å²) in [4.78, 5) is 11.8. The molecule has 1 heterocycles. The van der Waals surface area contributed by atoms with Gasteiger partial charge in [-0.3, -0.25) is 9.48 Å². The van der Waals surface area contributed by atoms with Gasteiger partial charge in [0.05, 0.1) is 18.2 Å². The Bertz CT molecular complexity index is 413. The standard InChI is InChI=1S/C13H23N3O2/c1-5-6-11(17)8-14-13(18)7-12-9(2)15-16(4)10(12)3/h11,17H,5-8H2,1-4H3,(H,14,18). The third kappa shape index (κ3) is 3.84. The molecule has 0 saturated heterocycles. The third-order valence-electron chi connectivity index (χ3n) is 3.15. The van der Waals surface area contributed by atoms with Gasteiger partial charge in [-0.25, -0.2) is 0 Å². The second kappa shape index (κ2) is 6.54. The number of carbonyl (C=O) groups excluding carboxylic acids is 1. The Kier molecular flexibility index (Phi) is 5.34. The van der Waals surface area contributed by atoms with Crippen LogP contribution in [0.2, 0.25) is 0 Å². The highest BCUT2D eigenvalue weighted by Crippen LogP contribution is 2.12. The first-order valence-electron chi connectivity index (χ1n) is 6.39. The summed E-state index contributed by atoms with van der Waals surface area (Å²) in [5.74, 6) is -0.0654. The predicted molar refractivity (Wildman–Crippen MR) is 70.3 cm³/mol. The Labute approximate surface area is 108 Å². The lowest BCUT2D eigenvalue weighted by atomic mass is 10.1. The molecule has 5 nitrogen and oxygen atoms in total. The van der Waals surface area contributed by atoms with E-state index in [9.17, 15) is 9.90 Å². The second-order valence-electron chi connectivity index (χ2n) is 4.70. The van der Waals surface area contributed by atoms with Crippen molar-refractivity contribution >= 4 is 5.91 Å². The molecule has 18 heavy (non-hydrogen) atoms. The Balaban J connectivity index is 2.50. The fraction of sp³-hybridized carbons (Fsp3) is 0.692. The van der Waals surface area contributed by atoms with Crippen LogP contribution in [-0.2, 0) is 18.3 Å². The monoisotopic (exact) mass is 253 g/mol. The fourth-order valence-corrected chi connectivity index (χ4v) is 1.96. The smallest absolute Gasteiger partial charge is 0.224 e. The van der Waals surface area contributed by atoms with Crippen molar-refractivity contribution < 1.29 is 9.90 Å². The van der Waals surface area contributed by atoms with Crippen molar-refractivity contribution in [1.82, 2.24) is 15.1 Å². The van der Waals surface area contributed by atoms with E-state index in [2.05, 4.69) is 10.4 Å². The van der Waals surface area contributed by atoms with E-state index in [4.69, 9.17) is 0 Å². The van der Waals surface area contributed by atoms with Crippen LogP contribution in [0.4, 0.5) is 0 Å². The largest absolute Gasteiger partial charge is 0.391 e. The molecular formula is C13H23N3O2. The van der Waals surface area contributed by atoms with Crippen LogP contribution in [0, 0.1) is 13.8 Å². The molecule has 0 bridgehead atoms. The zero-order valence-electron chi connectivity index (χ0n) is 11.7.